The average Bonchev–Trinajstić information content (AvgIpc) is 2.53. The van der Waals surface area contributed by atoms with Crippen molar-refractivity contribution < 1.29 is 4.79 Å². The first kappa shape index (κ1) is 8.33. The van der Waals surface area contributed by atoms with Crippen molar-refractivity contribution >= 4 is 27.6 Å². The molecule has 0 aliphatic carbocycles. The standard InChI is InChI=1S/C7H7BrN4O/c8-5-3-1-2-4-6(5)12-10-7(13)9-11-12/h1-4,11H,(H2,9,10,13). The largest absolute Gasteiger partial charge is 0.350 e. The predicted octanol–water partition coefficient (Wildman–Crippen LogP) is 0.903. The van der Waals surface area contributed by atoms with Crippen LogP contribution in [0.4, 0.5) is 10.5 Å². The minimum Gasteiger partial charge on any atom is -0.252 e. The van der Waals surface area contributed by atoms with Gasteiger partial charge in [0.05, 0.1) is 5.69 Å². The van der Waals surface area contributed by atoms with Crippen LogP contribution in [0.1, 0.15) is 0 Å². The van der Waals surface area contributed by atoms with Crippen molar-refractivity contribution in [3.05, 3.63) is 28.7 Å². The molecule has 0 aromatic heterocycles. The maximum absolute atomic E-state index is 10.8. The third-order valence-electron chi connectivity index (χ3n) is 1.59. The Hall–Kier alpha value is -1.27. The molecule has 1 aromatic rings. The second kappa shape index (κ2) is 3.23. The number of halogens is 1. The minimum absolute atomic E-state index is 0.282. The second-order valence-corrected chi connectivity index (χ2v) is 3.32. The zero-order valence-corrected chi connectivity index (χ0v) is 8.13. The van der Waals surface area contributed by atoms with E-state index >= 15 is 0 Å². The van der Waals surface area contributed by atoms with E-state index in [4.69, 9.17) is 0 Å². The van der Waals surface area contributed by atoms with Crippen molar-refractivity contribution in [2.24, 2.45) is 0 Å². The van der Waals surface area contributed by atoms with Gasteiger partial charge in [-0.1, -0.05) is 12.1 Å². The summed E-state index contributed by atoms with van der Waals surface area (Å²) in [5.74, 6) is 0. The van der Waals surface area contributed by atoms with Crippen LogP contribution < -0.4 is 21.5 Å². The van der Waals surface area contributed by atoms with Gasteiger partial charge in [-0.3, -0.25) is 5.43 Å². The van der Waals surface area contributed by atoms with Crippen molar-refractivity contribution in [2.75, 3.05) is 5.12 Å². The number of benzene rings is 1. The van der Waals surface area contributed by atoms with E-state index in [2.05, 4.69) is 32.3 Å². The summed E-state index contributed by atoms with van der Waals surface area (Å²) in [6.07, 6.45) is 0. The number of carbonyl (C=O) groups excluding carboxylic acids is 1. The number of urea groups is 1. The van der Waals surface area contributed by atoms with E-state index in [0.29, 0.717) is 0 Å². The molecule has 0 radical (unpaired) electrons. The zero-order valence-electron chi connectivity index (χ0n) is 6.54. The van der Waals surface area contributed by atoms with Gasteiger partial charge in [0.2, 0.25) is 0 Å². The van der Waals surface area contributed by atoms with Crippen LogP contribution in [0, 0.1) is 0 Å². The third-order valence-corrected chi connectivity index (χ3v) is 2.26. The molecule has 0 saturated carbocycles. The Morgan fingerprint density at radius 3 is 2.69 bits per heavy atom. The van der Waals surface area contributed by atoms with Crippen LogP contribution in [0.15, 0.2) is 28.7 Å². The van der Waals surface area contributed by atoms with Gasteiger partial charge < -0.3 is 0 Å². The highest BCUT2D eigenvalue weighted by Crippen LogP contribution is 2.23. The molecule has 5 nitrogen and oxygen atoms in total. The smallest absolute Gasteiger partial charge is 0.252 e. The van der Waals surface area contributed by atoms with Crippen LogP contribution in [0.3, 0.4) is 0 Å². The van der Waals surface area contributed by atoms with Gasteiger partial charge in [-0.15, -0.1) is 5.53 Å². The molecule has 2 amide bonds. The number of rotatable bonds is 1. The number of amides is 2. The lowest BCUT2D eigenvalue weighted by molar-refractivity contribution is 0.247. The first-order valence-corrected chi connectivity index (χ1v) is 4.43. The quantitative estimate of drug-likeness (QED) is 0.686. The number of nitrogens with one attached hydrogen (secondary N) is 3. The lowest BCUT2D eigenvalue weighted by Gasteiger charge is -2.16. The van der Waals surface area contributed by atoms with Crippen molar-refractivity contribution in [3.63, 3.8) is 0 Å². The molecular weight excluding hydrogens is 236 g/mol. The molecule has 0 bridgehead atoms. The molecule has 3 N–H and O–H groups in total. The van der Waals surface area contributed by atoms with E-state index in [1.54, 1.807) is 0 Å². The topological polar surface area (TPSA) is 56.4 Å². The van der Waals surface area contributed by atoms with E-state index in [-0.39, 0.29) is 6.03 Å². The van der Waals surface area contributed by atoms with Crippen molar-refractivity contribution in [3.8, 4) is 0 Å². The van der Waals surface area contributed by atoms with Gasteiger partial charge in [0, 0.05) is 4.47 Å². The molecule has 0 unspecified atom stereocenters. The number of anilines is 1. The fourth-order valence-corrected chi connectivity index (χ4v) is 1.48. The summed E-state index contributed by atoms with van der Waals surface area (Å²) in [4.78, 5) is 10.8. The molecule has 0 spiro atoms. The maximum Gasteiger partial charge on any atom is 0.350 e. The summed E-state index contributed by atoms with van der Waals surface area (Å²) >= 11 is 3.37. The van der Waals surface area contributed by atoms with Gasteiger partial charge in [-0.25, -0.2) is 10.2 Å². The van der Waals surface area contributed by atoms with Crippen LogP contribution in [0.25, 0.3) is 0 Å². The SMILES string of the molecule is O=C1NNN(c2ccccc2Br)N1. The molecule has 1 heterocycles. The maximum atomic E-state index is 10.8. The van der Waals surface area contributed by atoms with Crippen LogP contribution in [0.5, 0.6) is 0 Å². The second-order valence-electron chi connectivity index (χ2n) is 2.46. The van der Waals surface area contributed by atoms with E-state index in [1.165, 1.54) is 5.12 Å². The highest BCUT2D eigenvalue weighted by Gasteiger charge is 2.18. The molecule has 2 rings (SSSR count). The molecule has 13 heavy (non-hydrogen) atoms. The van der Waals surface area contributed by atoms with Crippen LogP contribution in [-0.4, -0.2) is 6.03 Å². The number of nitrogens with zero attached hydrogens (tertiary/aromatic N) is 1. The Kier molecular flexibility index (Phi) is 2.07. The summed E-state index contributed by atoms with van der Waals surface area (Å²) in [6, 6.07) is 7.26. The molecule has 1 aromatic carbocycles. The summed E-state index contributed by atoms with van der Waals surface area (Å²) in [7, 11) is 0. The molecule has 1 aliphatic rings. The van der Waals surface area contributed by atoms with E-state index in [9.17, 15) is 4.79 Å². The predicted molar refractivity (Wildman–Crippen MR) is 51.4 cm³/mol. The van der Waals surface area contributed by atoms with Crippen molar-refractivity contribution in [1.82, 2.24) is 16.4 Å². The van der Waals surface area contributed by atoms with Crippen molar-refractivity contribution in [1.29, 1.82) is 0 Å². The molecule has 1 aliphatic heterocycles. The molecule has 6 heteroatoms. The van der Waals surface area contributed by atoms with E-state index in [0.717, 1.165) is 10.2 Å². The van der Waals surface area contributed by atoms with Gasteiger partial charge in [-0.05, 0) is 28.1 Å². The summed E-state index contributed by atoms with van der Waals surface area (Å²) in [5.41, 5.74) is 8.44. The van der Waals surface area contributed by atoms with Gasteiger partial charge in [0.25, 0.3) is 0 Å². The molecule has 1 saturated heterocycles. The van der Waals surface area contributed by atoms with Crippen LogP contribution in [0.2, 0.25) is 0 Å². The molecule has 68 valence electrons. The Bertz CT molecular complexity index is 343. The van der Waals surface area contributed by atoms with Crippen molar-refractivity contribution in [2.45, 2.75) is 0 Å². The fraction of sp³-hybridized carbons (Fsp3) is 0. The number of para-hydroxylation sites is 1. The molecule has 0 atom stereocenters. The molecular formula is C7H7BrN4O. The first-order chi connectivity index (χ1) is 6.27. The van der Waals surface area contributed by atoms with Gasteiger partial charge in [0.15, 0.2) is 0 Å². The van der Waals surface area contributed by atoms with Crippen LogP contribution >= 0.6 is 15.9 Å². The Labute approximate surface area is 83.1 Å². The number of hydrazine groups is 3. The fourth-order valence-electron chi connectivity index (χ4n) is 1.02. The first-order valence-electron chi connectivity index (χ1n) is 3.64. The monoisotopic (exact) mass is 242 g/mol. The van der Waals surface area contributed by atoms with Gasteiger partial charge >= 0.3 is 6.03 Å². The number of carbonyl (C=O) groups is 1. The summed E-state index contributed by atoms with van der Waals surface area (Å²) in [5, 5.41) is 1.49. The average molecular weight is 243 g/mol. The Morgan fingerprint density at radius 1 is 1.31 bits per heavy atom. The minimum atomic E-state index is -0.282. The number of hydrogen-bond donors (Lipinski definition) is 3. The third kappa shape index (κ3) is 1.58. The van der Waals surface area contributed by atoms with Crippen LogP contribution in [-0.2, 0) is 0 Å². The normalized spacial score (nSPS) is 15.5. The summed E-state index contributed by atoms with van der Waals surface area (Å²) < 4.78 is 0.895. The Balaban J connectivity index is 2.26. The highest BCUT2D eigenvalue weighted by molar-refractivity contribution is 9.10. The number of hydrogen-bond acceptors (Lipinski definition) is 3. The van der Waals surface area contributed by atoms with E-state index < -0.39 is 0 Å². The Morgan fingerprint density at radius 2 is 2.08 bits per heavy atom. The lowest BCUT2D eigenvalue weighted by Crippen LogP contribution is -2.40. The highest BCUT2D eigenvalue weighted by atomic mass is 79.9. The van der Waals surface area contributed by atoms with E-state index in [1.807, 2.05) is 24.3 Å². The van der Waals surface area contributed by atoms with Gasteiger partial charge in [-0.2, -0.15) is 5.12 Å². The van der Waals surface area contributed by atoms with Gasteiger partial charge in [0.1, 0.15) is 0 Å². The molecule has 1 fully saturated rings. The lowest BCUT2D eigenvalue weighted by atomic mass is 10.3. The summed E-state index contributed by atoms with van der Waals surface area (Å²) in [6.45, 7) is 0. The zero-order chi connectivity index (χ0) is 9.26.